The molecule has 94 valence electrons. The van der Waals surface area contributed by atoms with Crippen LogP contribution in [0.4, 0.5) is 0 Å². The van der Waals surface area contributed by atoms with E-state index < -0.39 is 23.1 Å². The average Bonchev–Trinajstić information content (AvgIpc) is 2.08. The average molecular weight is 264 g/mol. The summed E-state index contributed by atoms with van der Waals surface area (Å²) in [5, 5.41) is 0. The third kappa shape index (κ3) is 8.80. The van der Waals surface area contributed by atoms with Crippen molar-refractivity contribution >= 4 is 23.1 Å². The maximum atomic E-state index is 10.7. The Bertz CT molecular complexity index is 247. The summed E-state index contributed by atoms with van der Waals surface area (Å²) in [5.74, 6) is -0.473. The highest BCUT2D eigenvalue weighted by Gasteiger charge is 2.34. The van der Waals surface area contributed by atoms with Crippen molar-refractivity contribution in [3.05, 3.63) is 12.7 Å². The number of hydrogen-bond donors (Lipinski definition) is 2. The van der Waals surface area contributed by atoms with Crippen molar-refractivity contribution in [1.29, 1.82) is 0 Å². The lowest BCUT2D eigenvalue weighted by atomic mass is 10.5. The second-order valence-corrected chi connectivity index (χ2v) is 10.8. The minimum atomic E-state index is -2.83. The molecule has 0 bridgehead atoms. The molecule has 1 unspecified atom stereocenters. The van der Waals surface area contributed by atoms with Gasteiger partial charge in [0.15, 0.2) is 0 Å². The topological polar surface area (TPSA) is 76.0 Å². The summed E-state index contributed by atoms with van der Waals surface area (Å²) in [5.41, 5.74) is 0. The van der Waals surface area contributed by atoms with E-state index in [1.165, 1.54) is 0 Å². The summed E-state index contributed by atoms with van der Waals surface area (Å²) in [4.78, 5) is 30.1. The van der Waals surface area contributed by atoms with Crippen LogP contribution in [-0.4, -0.2) is 39.3 Å². The van der Waals surface area contributed by atoms with Gasteiger partial charge in [0.05, 0.1) is 6.61 Å². The van der Waals surface area contributed by atoms with Gasteiger partial charge in [-0.3, -0.25) is 0 Å². The van der Waals surface area contributed by atoms with Crippen molar-refractivity contribution in [1.82, 2.24) is 0 Å². The van der Waals surface area contributed by atoms with Gasteiger partial charge in [0.25, 0.3) is 0 Å². The number of hydrogen-bond acceptors (Lipinski definition) is 5. The van der Waals surface area contributed by atoms with Crippen LogP contribution in [0.2, 0.25) is 25.7 Å². The molecule has 0 aromatic rings. The molecule has 0 rings (SSSR count). The second-order valence-electron chi connectivity index (χ2n) is 4.20. The Kier molecular flexibility index (Phi) is 6.12. The van der Waals surface area contributed by atoms with Crippen LogP contribution in [0.25, 0.3) is 0 Å². The van der Waals surface area contributed by atoms with E-state index in [1.807, 2.05) is 0 Å². The monoisotopic (exact) mass is 264 g/mol. The van der Waals surface area contributed by atoms with Gasteiger partial charge in [-0.2, -0.15) is 0 Å². The van der Waals surface area contributed by atoms with Gasteiger partial charge >= 0.3 is 23.1 Å². The Balaban J connectivity index is 3.82. The lowest BCUT2D eigenvalue weighted by molar-refractivity contribution is -0.137. The quantitative estimate of drug-likeness (QED) is 0.309. The molecule has 0 aromatic carbocycles. The molecular weight excluding hydrogens is 244 g/mol. The molecule has 0 aliphatic carbocycles. The summed E-state index contributed by atoms with van der Waals surface area (Å²) < 4.78 is 10.1. The first-order valence-electron chi connectivity index (χ1n) is 5.10. The van der Waals surface area contributed by atoms with E-state index in [0.717, 1.165) is 6.08 Å². The first-order valence-corrected chi connectivity index (χ1v) is 10.5. The molecule has 0 heterocycles. The van der Waals surface area contributed by atoms with E-state index in [1.54, 1.807) is 19.6 Å². The molecule has 5 nitrogen and oxygen atoms in total. The highest BCUT2D eigenvalue weighted by molar-refractivity contribution is 6.78. The second kappa shape index (κ2) is 6.31. The fourth-order valence-corrected chi connectivity index (χ4v) is 6.73. The highest BCUT2D eigenvalue weighted by Crippen LogP contribution is 2.15. The molecule has 0 amide bonds. The van der Waals surface area contributed by atoms with E-state index in [2.05, 4.69) is 6.58 Å². The van der Waals surface area contributed by atoms with Crippen molar-refractivity contribution in [3.63, 3.8) is 0 Å². The molecule has 2 N–H and O–H groups in total. The Morgan fingerprint density at radius 3 is 2.38 bits per heavy atom. The fraction of sp³-hybridized carbons (Fsp3) is 0.667. The zero-order valence-electron chi connectivity index (χ0n) is 10.0. The van der Waals surface area contributed by atoms with Crippen molar-refractivity contribution in [2.45, 2.75) is 32.1 Å². The maximum Gasteiger partial charge on any atom is 0.330 e. The van der Waals surface area contributed by atoms with Crippen LogP contribution in [-0.2, 0) is 13.6 Å². The predicted octanol–water partition coefficient (Wildman–Crippen LogP) is 0.881. The zero-order valence-corrected chi connectivity index (χ0v) is 12.0. The summed E-state index contributed by atoms with van der Waals surface area (Å²) >= 11 is 0. The van der Waals surface area contributed by atoms with Gasteiger partial charge in [0.2, 0.25) is 0 Å². The van der Waals surface area contributed by atoms with E-state index in [0.29, 0.717) is 12.5 Å². The lowest BCUT2D eigenvalue weighted by Crippen LogP contribution is -2.46. The summed E-state index contributed by atoms with van der Waals surface area (Å²) in [6.07, 6.45) is 1.61. The summed E-state index contributed by atoms with van der Waals surface area (Å²) in [7, 11) is -5.52. The minimum Gasteiger partial charge on any atom is -0.463 e. The fourth-order valence-electron chi connectivity index (χ4n) is 1.22. The molecular formula is C9H20O5Si2. The largest absolute Gasteiger partial charge is 0.463 e. The van der Waals surface area contributed by atoms with Gasteiger partial charge in [0.1, 0.15) is 0 Å². The Hall–Kier alpha value is -0.476. The van der Waals surface area contributed by atoms with E-state index in [9.17, 15) is 14.4 Å². The molecule has 0 radical (unpaired) electrons. The number of esters is 1. The summed E-state index contributed by atoms with van der Waals surface area (Å²) in [6.45, 7) is 8.32. The number of ether oxygens (including phenoxy) is 1. The van der Waals surface area contributed by atoms with E-state index in [-0.39, 0.29) is 6.61 Å². The van der Waals surface area contributed by atoms with Crippen molar-refractivity contribution in [2.75, 3.05) is 6.61 Å². The van der Waals surface area contributed by atoms with E-state index in [4.69, 9.17) is 8.85 Å². The van der Waals surface area contributed by atoms with Crippen molar-refractivity contribution in [2.24, 2.45) is 0 Å². The molecule has 1 atom stereocenters. The Morgan fingerprint density at radius 1 is 1.38 bits per heavy atom. The zero-order chi connectivity index (χ0) is 12.8. The first-order chi connectivity index (χ1) is 7.16. The smallest absolute Gasteiger partial charge is 0.330 e. The molecule has 0 aliphatic rings. The van der Waals surface area contributed by atoms with Crippen LogP contribution in [0, 0.1) is 0 Å². The standard InChI is InChI=1S/C9H20O5Si2/c1-5-9(10)13-7-6-8-16(4,12)14-15(2,3)11/h5,11-12H,1,6-8H2,2-4H3. The number of carbonyl (C=O) groups excluding carboxylic acids is 1. The Morgan fingerprint density at radius 2 is 1.94 bits per heavy atom. The Labute approximate surface area is 98.2 Å². The van der Waals surface area contributed by atoms with Crippen LogP contribution >= 0.6 is 0 Å². The highest BCUT2D eigenvalue weighted by atomic mass is 28.5. The lowest BCUT2D eigenvalue weighted by Gasteiger charge is -2.27. The molecule has 0 saturated carbocycles. The number of rotatable bonds is 7. The third-order valence-electron chi connectivity index (χ3n) is 1.67. The van der Waals surface area contributed by atoms with Crippen LogP contribution in [0.3, 0.4) is 0 Å². The predicted molar refractivity (Wildman–Crippen MR) is 65.2 cm³/mol. The van der Waals surface area contributed by atoms with Crippen LogP contribution in [0.15, 0.2) is 12.7 Å². The van der Waals surface area contributed by atoms with Gasteiger partial charge in [-0.1, -0.05) is 6.58 Å². The first kappa shape index (κ1) is 15.5. The molecule has 0 saturated heterocycles. The molecule has 0 aliphatic heterocycles. The van der Waals surface area contributed by atoms with Gasteiger partial charge in [-0.15, -0.1) is 0 Å². The molecule has 7 heteroatoms. The van der Waals surface area contributed by atoms with Crippen LogP contribution in [0.1, 0.15) is 6.42 Å². The minimum absolute atomic E-state index is 0.227. The van der Waals surface area contributed by atoms with Crippen molar-refractivity contribution in [3.8, 4) is 0 Å². The molecule has 0 aromatic heterocycles. The number of carbonyl (C=O) groups is 1. The van der Waals surface area contributed by atoms with Gasteiger partial charge in [-0.25, -0.2) is 4.79 Å². The summed E-state index contributed by atoms with van der Waals surface area (Å²) in [6, 6.07) is 0.425. The van der Waals surface area contributed by atoms with Crippen LogP contribution < -0.4 is 0 Å². The SMILES string of the molecule is C=CC(=O)OCCC[Si](C)(O)O[Si](C)(C)O. The molecule has 16 heavy (non-hydrogen) atoms. The maximum absolute atomic E-state index is 10.7. The van der Waals surface area contributed by atoms with Gasteiger partial charge in [-0.05, 0) is 32.1 Å². The van der Waals surface area contributed by atoms with E-state index >= 15 is 0 Å². The van der Waals surface area contributed by atoms with Gasteiger partial charge < -0.3 is 18.4 Å². The molecule has 0 spiro atoms. The molecule has 0 fully saturated rings. The van der Waals surface area contributed by atoms with Crippen molar-refractivity contribution < 1.29 is 23.2 Å². The van der Waals surface area contributed by atoms with Gasteiger partial charge in [0, 0.05) is 6.08 Å². The van der Waals surface area contributed by atoms with Crippen LogP contribution in [0.5, 0.6) is 0 Å². The third-order valence-corrected chi connectivity index (χ3v) is 6.70. The normalized spacial score (nSPS) is 15.3.